The van der Waals surface area contributed by atoms with Crippen LogP contribution in [-0.4, -0.2) is 37.0 Å². The third kappa shape index (κ3) is 2.28. The number of rotatable bonds is 2. The highest BCUT2D eigenvalue weighted by Gasteiger charge is 2.45. The van der Waals surface area contributed by atoms with Gasteiger partial charge in [-0.3, -0.25) is 0 Å². The topological polar surface area (TPSA) is 57.6 Å². The van der Waals surface area contributed by atoms with Gasteiger partial charge in [0, 0.05) is 19.0 Å². The molecule has 110 valence electrons. The summed E-state index contributed by atoms with van der Waals surface area (Å²) >= 11 is 0. The zero-order chi connectivity index (χ0) is 14.5. The Labute approximate surface area is 120 Å². The summed E-state index contributed by atoms with van der Waals surface area (Å²) in [5.41, 5.74) is 1.92. The van der Waals surface area contributed by atoms with Crippen LogP contribution in [0.1, 0.15) is 24.0 Å². The second kappa shape index (κ2) is 4.83. The number of aliphatic hydroxyl groups excluding tert-OH is 1. The number of hydrogen-bond acceptors (Lipinski definition) is 3. The molecule has 0 radical (unpaired) electrons. The van der Waals surface area contributed by atoms with Crippen LogP contribution in [0.5, 0.6) is 0 Å². The average molecular weight is 295 g/mol. The predicted molar refractivity (Wildman–Crippen MR) is 76.9 cm³/mol. The predicted octanol–water partition coefficient (Wildman–Crippen LogP) is 1.69. The minimum atomic E-state index is -3.43. The summed E-state index contributed by atoms with van der Waals surface area (Å²) in [7, 11) is -3.43. The van der Waals surface area contributed by atoms with Gasteiger partial charge in [-0.05, 0) is 55.9 Å². The lowest BCUT2D eigenvalue weighted by Gasteiger charge is -2.19. The van der Waals surface area contributed by atoms with Crippen LogP contribution < -0.4 is 0 Å². The minimum Gasteiger partial charge on any atom is -0.393 e. The fraction of sp³-hybridized carbons (Fsp3) is 0.600. The van der Waals surface area contributed by atoms with Crippen molar-refractivity contribution in [3.63, 3.8) is 0 Å². The van der Waals surface area contributed by atoms with Crippen LogP contribution >= 0.6 is 0 Å². The number of sulfonamides is 1. The van der Waals surface area contributed by atoms with E-state index in [0.29, 0.717) is 23.9 Å². The molecule has 5 heteroatoms. The number of aliphatic hydroxyl groups is 1. The fourth-order valence-electron chi connectivity index (χ4n) is 3.62. The second-order valence-electron chi connectivity index (χ2n) is 6.21. The molecule has 3 unspecified atom stereocenters. The molecule has 1 saturated heterocycles. The number of fused-ring (bicyclic) bond motifs is 1. The zero-order valence-electron chi connectivity index (χ0n) is 11.9. The molecule has 4 nitrogen and oxygen atoms in total. The lowest BCUT2D eigenvalue weighted by molar-refractivity contribution is 0.129. The minimum absolute atomic E-state index is 0.121. The van der Waals surface area contributed by atoms with Crippen molar-refractivity contribution in [1.82, 2.24) is 4.31 Å². The molecule has 0 bridgehead atoms. The molecular weight excluding hydrogens is 274 g/mol. The first-order valence-electron chi connectivity index (χ1n) is 7.14. The normalized spacial score (nSPS) is 30.6. The van der Waals surface area contributed by atoms with E-state index in [2.05, 4.69) is 0 Å². The maximum absolute atomic E-state index is 12.7. The highest BCUT2D eigenvalue weighted by Crippen LogP contribution is 2.40. The highest BCUT2D eigenvalue weighted by atomic mass is 32.2. The van der Waals surface area contributed by atoms with Crippen LogP contribution in [0.3, 0.4) is 0 Å². The van der Waals surface area contributed by atoms with E-state index >= 15 is 0 Å². The van der Waals surface area contributed by atoms with Gasteiger partial charge in [-0.15, -0.1) is 0 Å². The largest absolute Gasteiger partial charge is 0.393 e. The Kier molecular flexibility index (Phi) is 3.39. The molecular formula is C15H21NO3S. The Bertz CT molecular complexity index is 606. The van der Waals surface area contributed by atoms with Crippen molar-refractivity contribution >= 4 is 10.0 Å². The molecule has 1 saturated carbocycles. The van der Waals surface area contributed by atoms with Crippen molar-refractivity contribution in [3.05, 3.63) is 29.3 Å². The summed E-state index contributed by atoms with van der Waals surface area (Å²) in [6.07, 6.45) is 1.41. The standard InChI is InChI=1S/C15H21NO3S/c1-10-5-11(2)7-13(6-10)20(18,19)16-8-12-3-4-15(17)14(12)9-16/h5-7,12,14-15,17H,3-4,8-9H2,1-2H3. The van der Waals surface area contributed by atoms with Crippen molar-refractivity contribution < 1.29 is 13.5 Å². The van der Waals surface area contributed by atoms with Crippen molar-refractivity contribution in [3.8, 4) is 0 Å². The molecule has 2 aliphatic rings. The summed E-state index contributed by atoms with van der Waals surface area (Å²) in [6, 6.07) is 5.43. The SMILES string of the molecule is Cc1cc(C)cc(S(=O)(=O)N2CC3CCC(O)C3C2)c1. The van der Waals surface area contributed by atoms with E-state index in [4.69, 9.17) is 0 Å². The molecule has 0 spiro atoms. The lowest BCUT2D eigenvalue weighted by atomic mass is 10.00. The molecule has 1 N–H and O–H groups in total. The molecule has 2 fully saturated rings. The van der Waals surface area contributed by atoms with Gasteiger partial charge in [-0.25, -0.2) is 8.42 Å². The van der Waals surface area contributed by atoms with E-state index < -0.39 is 10.0 Å². The van der Waals surface area contributed by atoms with Crippen LogP contribution in [0.2, 0.25) is 0 Å². The summed E-state index contributed by atoms with van der Waals surface area (Å²) in [4.78, 5) is 0.379. The molecule has 0 aromatic heterocycles. The van der Waals surface area contributed by atoms with Crippen LogP contribution in [0.15, 0.2) is 23.1 Å². The van der Waals surface area contributed by atoms with E-state index in [0.717, 1.165) is 24.0 Å². The van der Waals surface area contributed by atoms with Crippen LogP contribution in [-0.2, 0) is 10.0 Å². The number of hydrogen-bond donors (Lipinski definition) is 1. The van der Waals surface area contributed by atoms with E-state index in [1.54, 1.807) is 16.4 Å². The van der Waals surface area contributed by atoms with Gasteiger partial charge in [0.1, 0.15) is 0 Å². The quantitative estimate of drug-likeness (QED) is 0.903. The number of nitrogens with zero attached hydrogens (tertiary/aromatic N) is 1. The number of benzene rings is 1. The van der Waals surface area contributed by atoms with Gasteiger partial charge in [-0.1, -0.05) is 6.07 Å². The maximum Gasteiger partial charge on any atom is 0.243 e. The first-order valence-corrected chi connectivity index (χ1v) is 8.58. The molecule has 1 aromatic rings. The van der Waals surface area contributed by atoms with Crippen molar-refractivity contribution in [2.75, 3.05) is 13.1 Å². The second-order valence-corrected chi connectivity index (χ2v) is 8.15. The summed E-state index contributed by atoms with van der Waals surface area (Å²) < 4.78 is 27.0. The highest BCUT2D eigenvalue weighted by molar-refractivity contribution is 7.89. The van der Waals surface area contributed by atoms with E-state index in [1.165, 1.54) is 0 Å². The Morgan fingerprint density at radius 1 is 1.10 bits per heavy atom. The van der Waals surface area contributed by atoms with Gasteiger partial charge < -0.3 is 5.11 Å². The number of aryl methyl sites for hydroxylation is 2. The fourth-order valence-corrected chi connectivity index (χ4v) is 5.35. The molecule has 3 rings (SSSR count). The summed E-state index contributed by atoms with van der Waals surface area (Å²) in [5, 5.41) is 9.92. The first-order chi connectivity index (χ1) is 9.38. The zero-order valence-corrected chi connectivity index (χ0v) is 12.7. The van der Waals surface area contributed by atoms with Gasteiger partial charge in [0.15, 0.2) is 0 Å². The van der Waals surface area contributed by atoms with Crippen LogP contribution in [0.25, 0.3) is 0 Å². The van der Waals surface area contributed by atoms with Crippen molar-refractivity contribution in [2.24, 2.45) is 11.8 Å². The first kappa shape index (κ1) is 14.0. The van der Waals surface area contributed by atoms with E-state index in [9.17, 15) is 13.5 Å². The van der Waals surface area contributed by atoms with Gasteiger partial charge >= 0.3 is 0 Å². The molecule has 1 heterocycles. The summed E-state index contributed by atoms with van der Waals surface area (Å²) in [5.74, 6) is 0.446. The Balaban J connectivity index is 1.90. The third-order valence-corrected chi connectivity index (χ3v) is 6.43. The molecule has 1 aromatic carbocycles. The van der Waals surface area contributed by atoms with E-state index in [1.807, 2.05) is 19.9 Å². The van der Waals surface area contributed by atoms with Gasteiger partial charge in [0.2, 0.25) is 10.0 Å². The van der Waals surface area contributed by atoms with Crippen molar-refractivity contribution in [1.29, 1.82) is 0 Å². The maximum atomic E-state index is 12.7. The average Bonchev–Trinajstić information content (AvgIpc) is 2.91. The third-order valence-electron chi connectivity index (χ3n) is 4.62. The van der Waals surface area contributed by atoms with Crippen LogP contribution in [0, 0.1) is 25.7 Å². The molecule has 20 heavy (non-hydrogen) atoms. The Hall–Kier alpha value is -0.910. The van der Waals surface area contributed by atoms with Crippen molar-refractivity contribution in [2.45, 2.75) is 37.7 Å². The van der Waals surface area contributed by atoms with Gasteiger partial charge in [0.25, 0.3) is 0 Å². The molecule has 0 amide bonds. The smallest absolute Gasteiger partial charge is 0.243 e. The summed E-state index contributed by atoms with van der Waals surface area (Å²) in [6.45, 7) is 4.83. The van der Waals surface area contributed by atoms with E-state index in [-0.39, 0.29) is 12.0 Å². The monoisotopic (exact) mass is 295 g/mol. The Morgan fingerprint density at radius 2 is 1.75 bits per heavy atom. The lowest BCUT2D eigenvalue weighted by Crippen LogP contribution is -2.31. The van der Waals surface area contributed by atoms with Gasteiger partial charge in [0.05, 0.1) is 11.0 Å². The Morgan fingerprint density at radius 3 is 2.35 bits per heavy atom. The van der Waals surface area contributed by atoms with Crippen LogP contribution in [0.4, 0.5) is 0 Å². The van der Waals surface area contributed by atoms with Gasteiger partial charge in [-0.2, -0.15) is 4.31 Å². The molecule has 1 aliphatic heterocycles. The molecule has 3 atom stereocenters. The molecule has 1 aliphatic carbocycles.